The summed E-state index contributed by atoms with van der Waals surface area (Å²) < 4.78 is 0. The van der Waals surface area contributed by atoms with Gasteiger partial charge in [0.05, 0.1) is 6.04 Å². The van der Waals surface area contributed by atoms with Crippen molar-refractivity contribution in [2.45, 2.75) is 45.6 Å². The lowest BCUT2D eigenvalue weighted by Gasteiger charge is -2.13. The van der Waals surface area contributed by atoms with Gasteiger partial charge in [-0.1, -0.05) is 20.3 Å². The van der Waals surface area contributed by atoms with Crippen LogP contribution in [0.2, 0.25) is 0 Å². The number of nitrogens with two attached hydrogens (primary N) is 1. The van der Waals surface area contributed by atoms with E-state index in [1.807, 2.05) is 6.92 Å². The molecule has 0 aromatic carbocycles. The molecule has 1 aliphatic rings. The molecule has 0 aliphatic heterocycles. The van der Waals surface area contributed by atoms with Gasteiger partial charge in [0.15, 0.2) is 0 Å². The predicted molar refractivity (Wildman–Crippen MR) is 57.8 cm³/mol. The van der Waals surface area contributed by atoms with Gasteiger partial charge in [-0.3, -0.25) is 4.79 Å². The number of rotatable bonds is 4. The second kappa shape index (κ2) is 5.35. The molecule has 0 bridgehead atoms. The van der Waals surface area contributed by atoms with Gasteiger partial charge < -0.3 is 11.1 Å². The summed E-state index contributed by atoms with van der Waals surface area (Å²) in [4.78, 5) is 11.4. The van der Waals surface area contributed by atoms with Crippen LogP contribution in [-0.2, 0) is 4.79 Å². The third-order valence-electron chi connectivity index (χ3n) is 3.14. The highest BCUT2D eigenvalue weighted by Crippen LogP contribution is 2.29. The number of hydrogen-bond acceptors (Lipinski definition) is 2. The molecule has 3 N–H and O–H groups in total. The lowest BCUT2D eigenvalue weighted by molar-refractivity contribution is -0.122. The lowest BCUT2D eigenvalue weighted by atomic mass is 10.1. The Labute approximate surface area is 86.4 Å². The second-order valence-corrected chi connectivity index (χ2v) is 4.54. The van der Waals surface area contributed by atoms with Crippen LogP contribution in [0.15, 0.2) is 0 Å². The van der Waals surface area contributed by atoms with Crippen molar-refractivity contribution in [1.29, 1.82) is 0 Å². The van der Waals surface area contributed by atoms with Crippen molar-refractivity contribution in [3.63, 3.8) is 0 Å². The van der Waals surface area contributed by atoms with E-state index in [9.17, 15) is 4.79 Å². The minimum Gasteiger partial charge on any atom is -0.354 e. The number of nitrogens with one attached hydrogen (secondary N) is 1. The monoisotopic (exact) mass is 198 g/mol. The van der Waals surface area contributed by atoms with E-state index in [4.69, 9.17) is 5.73 Å². The molecule has 0 spiro atoms. The molecule has 0 heterocycles. The summed E-state index contributed by atoms with van der Waals surface area (Å²) >= 11 is 0. The number of hydrogen-bond donors (Lipinski definition) is 2. The minimum absolute atomic E-state index is 0.00653. The lowest BCUT2D eigenvalue weighted by Crippen LogP contribution is -2.41. The molecule has 82 valence electrons. The molecule has 3 atom stereocenters. The zero-order chi connectivity index (χ0) is 10.6. The molecule has 0 radical (unpaired) electrons. The summed E-state index contributed by atoms with van der Waals surface area (Å²) in [6.45, 7) is 5.03. The predicted octanol–water partition coefficient (Wildman–Crippen LogP) is 1.28. The SMILES string of the molecule is CCC(N)C(=O)NCC1CCC(C)C1. The Morgan fingerprint density at radius 3 is 2.79 bits per heavy atom. The van der Waals surface area contributed by atoms with E-state index in [0.717, 1.165) is 12.5 Å². The van der Waals surface area contributed by atoms with Gasteiger partial charge >= 0.3 is 0 Å². The molecular weight excluding hydrogens is 176 g/mol. The zero-order valence-electron chi connectivity index (χ0n) is 9.25. The Morgan fingerprint density at radius 2 is 2.29 bits per heavy atom. The van der Waals surface area contributed by atoms with E-state index >= 15 is 0 Å². The summed E-state index contributed by atoms with van der Waals surface area (Å²) in [6.07, 6.45) is 4.53. The van der Waals surface area contributed by atoms with E-state index < -0.39 is 0 Å². The van der Waals surface area contributed by atoms with Gasteiger partial charge in [0, 0.05) is 6.54 Å². The van der Waals surface area contributed by atoms with Crippen molar-refractivity contribution in [2.24, 2.45) is 17.6 Å². The van der Waals surface area contributed by atoms with Gasteiger partial charge in [-0.25, -0.2) is 0 Å². The Balaban J connectivity index is 2.17. The molecule has 0 saturated heterocycles. The maximum Gasteiger partial charge on any atom is 0.236 e. The van der Waals surface area contributed by atoms with Crippen LogP contribution in [-0.4, -0.2) is 18.5 Å². The minimum atomic E-state index is -0.325. The molecule has 14 heavy (non-hydrogen) atoms. The van der Waals surface area contributed by atoms with Crippen LogP contribution in [0.4, 0.5) is 0 Å². The first kappa shape index (κ1) is 11.5. The van der Waals surface area contributed by atoms with Crippen molar-refractivity contribution < 1.29 is 4.79 Å². The van der Waals surface area contributed by atoms with E-state index in [1.165, 1.54) is 19.3 Å². The third kappa shape index (κ3) is 3.29. The molecule has 0 aromatic rings. The molecule has 3 nitrogen and oxygen atoms in total. The highest BCUT2D eigenvalue weighted by atomic mass is 16.2. The molecule has 1 rings (SSSR count). The summed E-state index contributed by atoms with van der Waals surface area (Å²) in [7, 11) is 0. The average Bonchev–Trinajstić information content (AvgIpc) is 2.59. The summed E-state index contributed by atoms with van der Waals surface area (Å²) in [5.41, 5.74) is 5.62. The number of carbonyl (C=O) groups is 1. The van der Waals surface area contributed by atoms with Crippen molar-refractivity contribution in [3.05, 3.63) is 0 Å². The van der Waals surface area contributed by atoms with Crippen LogP contribution in [0, 0.1) is 11.8 Å². The molecule has 1 aliphatic carbocycles. The molecule has 1 amide bonds. The Kier molecular flexibility index (Phi) is 4.39. The first-order valence-electron chi connectivity index (χ1n) is 5.66. The van der Waals surface area contributed by atoms with Crippen molar-refractivity contribution >= 4 is 5.91 Å². The van der Waals surface area contributed by atoms with E-state index in [0.29, 0.717) is 12.3 Å². The fraction of sp³-hybridized carbons (Fsp3) is 0.909. The van der Waals surface area contributed by atoms with Crippen LogP contribution < -0.4 is 11.1 Å². The van der Waals surface area contributed by atoms with Gasteiger partial charge in [-0.15, -0.1) is 0 Å². The normalized spacial score (nSPS) is 28.8. The van der Waals surface area contributed by atoms with Crippen LogP contribution in [0.5, 0.6) is 0 Å². The maximum absolute atomic E-state index is 11.4. The Morgan fingerprint density at radius 1 is 1.57 bits per heavy atom. The summed E-state index contributed by atoms with van der Waals surface area (Å²) in [5, 5.41) is 2.93. The molecule has 1 fully saturated rings. The van der Waals surface area contributed by atoms with Crippen molar-refractivity contribution in [1.82, 2.24) is 5.32 Å². The fourth-order valence-corrected chi connectivity index (χ4v) is 2.07. The van der Waals surface area contributed by atoms with Gasteiger partial charge in [0.2, 0.25) is 5.91 Å². The van der Waals surface area contributed by atoms with Gasteiger partial charge in [-0.05, 0) is 31.1 Å². The van der Waals surface area contributed by atoms with Crippen LogP contribution >= 0.6 is 0 Å². The smallest absolute Gasteiger partial charge is 0.236 e. The summed E-state index contributed by atoms with van der Waals surface area (Å²) in [5.74, 6) is 1.52. The third-order valence-corrected chi connectivity index (χ3v) is 3.14. The maximum atomic E-state index is 11.4. The van der Waals surface area contributed by atoms with Gasteiger partial charge in [0.1, 0.15) is 0 Å². The standard InChI is InChI=1S/C11H22N2O/c1-3-10(12)11(14)13-7-9-5-4-8(2)6-9/h8-10H,3-7,12H2,1-2H3,(H,13,14). The van der Waals surface area contributed by atoms with Crippen molar-refractivity contribution in [3.8, 4) is 0 Å². The van der Waals surface area contributed by atoms with Crippen LogP contribution in [0.3, 0.4) is 0 Å². The molecular formula is C11H22N2O. The average molecular weight is 198 g/mol. The fourth-order valence-electron chi connectivity index (χ4n) is 2.07. The Bertz CT molecular complexity index is 194. The Hall–Kier alpha value is -0.570. The second-order valence-electron chi connectivity index (χ2n) is 4.54. The van der Waals surface area contributed by atoms with Gasteiger partial charge in [0.25, 0.3) is 0 Å². The van der Waals surface area contributed by atoms with E-state index in [1.54, 1.807) is 0 Å². The first-order valence-corrected chi connectivity index (χ1v) is 5.66. The number of carbonyl (C=O) groups excluding carboxylic acids is 1. The van der Waals surface area contributed by atoms with E-state index in [2.05, 4.69) is 12.2 Å². The largest absolute Gasteiger partial charge is 0.354 e. The van der Waals surface area contributed by atoms with E-state index in [-0.39, 0.29) is 11.9 Å². The zero-order valence-corrected chi connectivity index (χ0v) is 9.25. The summed E-state index contributed by atoms with van der Waals surface area (Å²) in [6, 6.07) is -0.325. The van der Waals surface area contributed by atoms with Crippen LogP contribution in [0.25, 0.3) is 0 Å². The first-order chi connectivity index (χ1) is 6.63. The van der Waals surface area contributed by atoms with Crippen molar-refractivity contribution in [2.75, 3.05) is 6.54 Å². The quantitative estimate of drug-likeness (QED) is 0.715. The molecule has 1 saturated carbocycles. The highest BCUT2D eigenvalue weighted by molar-refractivity contribution is 5.81. The van der Waals surface area contributed by atoms with Crippen LogP contribution in [0.1, 0.15) is 39.5 Å². The number of amides is 1. The topological polar surface area (TPSA) is 55.1 Å². The van der Waals surface area contributed by atoms with Gasteiger partial charge in [-0.2, -0.15) is 0 Å². The molecule has 0 aromatic heterocycles. The molecule has 3 unspecified atom stereocenters. The highest BCUT2D eigenvalue weighted by Gasteiger charge is 2.22. The molecule has 3 heteroatoms.